The van der Waals surface area contributed by atoms with Crippen LogP contribution in [0.2, 0.25) is 0 Å². The molecule has 4 nitrogen and oxygen atoms in total. The lowest BCUT2D eigenvalue weighted by Crippen LogP contribution is -2.43. The summed E-state index contributed by atoms with van der Waals surface area (Å²) in [5.74, 6) is 0.926. The van der Waals surface area contributed by atoms with Crippen LogP contribution >= 0.6 is 0 Å². The van der Waals surface area contributed by atoms with Gasteiger partial charge in [-0.3, -0.25) is 4.98 Å². The van der Waals surface area contributed by atoms with Crippen molar-refractivity contribution < 1.29 is 4.74 Å². The number of rotatable bonds is 6. The highest BCUT2D eigenvalue weighted by atomic mass is 16.5. The Morgan fingerprint density at radius 1 is 1.25 bits per heavy atom. The average Bonchev–Trinajstić information content (AvgIpc) is 2.67. The zero-order chi connectivity index (χ0) is 16.8. The van der Waals surface area contributed by atoms with E-state index < -0.39 is 0 Å². The molecule has 0 radical (unpaired) electrons. The van der Waals surface area contributed by atoms with Crippen LogP contribution in [0, 0.1) is 0 Å². The molecule has 0 saturated carbocycles. The fourth-order valence-electron chi connectivity index (χ4n) is 3.43. The molecular weight excluding hydrogens is 298 g/mol. The van der Waals surface area contributed by atoms with Gasteiger partial charge in [-0.2, -0.15) is 0 Å². The van der Waals surface area contributed by atoms with Gasteiger partial charge < -0.3 is 15.0 Å². The average molecular weight is 325 g/mol. The number of piperidine rings is 1. The van der Waals surface area contributed by atoms with Gasteiger partial charge >= 0.3 is 0 Å². The van der Waals surface area contributed by atoms with Gasteiger partial charge in [-0.25, -0.2) is 0 Å². The number of methoxy groups -OCH3 is 1. The van der Waals surface area contributed by atoms with Crippen LogP contribution in [0.4, 0.5) is 5.69 Å². The highest BCUT2D eigenvalue weighted by Gasteiger charge is 2.22. The van der Waals surface area contributed by atoms with Crippen LogP contribution in [-0.2, 0) is 0 Å². The number of nitrogens with one attached hydrogen (secondary N) is 1. The van der Waals surface area contributed by atoms with Crippen molar-refractivity contribution in [1.29, 1.82) is 0 Å². The van der Waals surface area contributed by atoms with E-state index in [1.165, 1.54) is 11.3 Å². The van der Waals surface area contributed by atoms with Gasteiger partial charge in [0.2, 0.25) is 0 Å². The molecule has 0 aliphatic carbocycles. The van der Waals surface area contributed by atoms with Gasteiger partial charge in [0, 0.05) is 49.3 Å². The predicted molar refractivity (Wildman–Crippen MR) is 98.6 cm³/mol. The van der Waals surface area contributed by atoms with Crippen molar-refractivity contribution >= 4 is 5.69 Å². The third-order valence-electron chi connectivity index (χ3n) is 4.85. The summed E-state index contributed by atoms with van der Waals surface area (Å²) < 4.78 is 5.34. The molecule has 0 amide bonds. The summed E-state index contributed by atoms with van der Waals surface area (Å²) in [7, 11) is 1.72. The number of nitrogens with zero attached hydrogens (tertiary/aromatic N) is 2. The van der Waals surface area contributed by atoms with Crippen LogP contribution in [0.15, 0.2) is 48.8 Å². The molecule has 128 valence electrons. The van der Waals surface area contributed by atoms with Crippen LogP contribution in [0.5, 0.6) is 5.75 Å². The minimum Gasteiger partial charge on any atom is -0.497 e. The lowest BCUT2D eigenvalue weighted by Gasteiger charge is -2.36. The fourth-order valence-corrected chi connectivity index (χ4v) is 3.43. The first-order valence-corrected chi connectivity index (χ1v) is 8.85. The van der Waals surface area contributed by atoms with Crippen molar-refractivity contribution in [3.63, 3.8) is 0 Å². The zero-order valence-electron chi connectivity index (χ0n) is 14.6. The Morgan fingerprint density at radius 2 is 2.08 bits per heavy atom. The van der Waals surface area contributed by atoms with E-state index in [2.05, 4.69) is 46.4 Å². The van der Waals surface area contributed by atoms with E-state index in [4.69, 9.17) is 4.74 Å². The Kier molecular flexibility index (Phi) is 5.70. The van der Waals surface area contributed by atoms with Crippen molar-refractivity contribution in [3.8, 4) is 5.75 Å². The first-order valence-electron chi connectivity index (χ1n) is 8.85. The van der Waals surface area contributed by atoms with E-state index >= 15 is 0 Å². The van der Waals surface area contributed by atoms with Crippen molar-refractivity contribution in [2.45, 2.75) is 38.3 Å². The van der Waals surface area contributed by atoms with Gasteiger partial charge in [0.25, 0.3) is 0 Å². The molecule has 1 aromatic carbocycles. The van der Waals surface area contributed by atoms with Gasteiger partial charge in [0.05, 0.1) is 7.11 Å². The van der Waals surface area contributed by atoms with Crippen LogP contribution in [0.3, 0.4) is 0 Å². The molecule has 1 saturated heterocycles. The summed E-state index contributed by atoms with van der Waals surface area (Å²) in [6, 6.07) is 13.5. The van der Waals surface area contributed by atoms with Crippen molar-refractivity contribution in [3.05, 3.63) is 54.4 Å². The maximum Gasteiger partial charge on any atom is 0.120 e. The number of hydrogen-bond acceptors (Lipinski definition) is 4. The molecule has 1 aromatic heterocycles. The van der Waals surface area contributed by atoms with Gasteiger partial charge in [0.15, 0.2) is 0 Å². The second-order valence-electron chi connectivity index (χ2n) is 6.38. The van der Waals surface area contributed by atoms with Crippen LogP contribution < -0.4 is 15.0 Å². The number of anilines is 1. The molecule has 2 aromatic rings. The zero-order valence-corrected chi connectivity index (χ0v) is 14.6. The maximum atomic E-state index is 5.34. The third kappa shape index (κ3) is 4.06. The minimum atomic E-state index is 0.395. The van der Waals surface area contributed by atoms with E-state index in [0.717, 1.165) is 38.1 Å². The van der Waals surface area contributed by atoms with Gasteiger partial charge in [-0.1, -0.05) is 19.1 Å². The summed E-state index contributed by atoms with van der Waals surface area (Å²) in [6.45, 7) is 4.39. The smallest absolute Gasteiger partial charge is 0.120 e. The van der Waals surface area contributed by atoms with Gasteiger partial charge in [0.1, 0.15) is 5.75 Å². The topological polar surface area (TPSA) is 37.4 Å². The highest BCUT2D eigenvalue weighted by Crippen LogP contribution is 2.25. The normalized spacial score (nSPS) is 16.8. The van der Waals surface area contributed by atoms with E-state index in [9.17, 15) is 0 Å². The molecule has 1 N–H and O–H groups in total. The fraction of sp³-hybridized carbons (Fsp3) is 0.450. The van der Waals surface area contributed by atoms with E-state index in [-0.39, 0.29) is 0 Å². The molecule has 4 heteroatoms. The molecule has 1 atom stereocenters. The number of aromatic nitrogens is 1. The summed E-state index contributed by atoms with van der Waals surface area (Å²) in [5, 5.41) is 3.83. The molecule has 1 aliphatic heterocycles. The van der Waals surface area contributed by atoms with Crippen LogP contribution in [0.25, 0.3) is 0 Å². The van der Waals surface area contributed by atoms with Crippen molar-refractivity contribution in [2.75, 3.05) is 25.1 Å². The number of ether oxygens (including phenoxy) is 1. The standard InChI is InChI=1S/C20H27N3O/c1-3-20(16-6-5-11-21-15-16)22-17-9-12-23(13-10-17)18-7-4-8-19(14-18)24-2/h4-8,11,14-15,17,20,22H,3,9-10,12-13H2,1-2H3/t20-/m0/s1. The second-order valence-corrected chi connectivity index (χ2v) is 6.38. The predicted octanol–water partition coefficient (Wildman–Crippen LogP) is 3.80. The summed E-state index contributed by atoms with van der Waals surface area (Å²) in [5.41, 5.74) is 2.54. The van der Waals surface area contributed by atoms with E-state index in [0.29, 0.717) is 12.1 Å². The molecule has 3 rings (SSSR count). The first kappa shape index (κ1) is 16.8. The molecule has 0 bridgehead atoms. The first-order chi connectivity index (χ1) is 11.8. The largest absolute Gasteiger partial charge is 0.497 e. The second kappa shape index (κ2) is 8.15. The Morgan fingerprint density at radius 3 is 2.75 bits per heavy atom. The van der Waals surface area contributed by atoms with Crippen molar-refractivity contribution in [1.82, 2.24) is 10.3 Å². The summed E-state index contributed by atoms with van der Waals surface area (Å²) in [4.78, 5) is 6.70. The van der Waals surface area contributed by atoms with Crippen LogP contribution in [0.1, 0.15) is 37.8 Å². The lowest BCUT2D eigenvalue weighted by atomic mass is 10.00. The molecule has 2 heterocycles. The monoisotopic (exact) mass is 325 g/mol. The Hall–Kier alpha value is -2.07. The van der Waals surface area contributed by atoms with E-state index in [1.807, 2.05) is 24.5 Å². The number of pyridine rings is 1. The Balaban J connectivity index is 1.56. The molecule has 0 unspecified atom stereocenters. The van der Waals surface area contributed by atoms with Crippen LogP contribution in [-0.4, -0.2) is 31.2 Å². The molecule has 0 spiro atoms. The Bertz CT molecular complexity index is 624. The third-order valence-corrected chi connectivity index (χ3v) is 4.85. The quantitative estimate of drug-likeness (QED) is 0.876. The highest BCUT2D eigenvalue weighted by molar-refractivity contribution is 5.51. The van der Waals surface area contributed by atoms with Gasteiger partial charge in [-0.15, -0.1) is 0 Å². The summed E-state index contributed by atoms with van der Waals surface area (Å²) in [6.07, 6.45) is 7.22. The Labute approximate surface area is 144 Å². The SMILES string of the molecule is CC[C@H](NC1CCN(c2cccc(OC)c2)CC1)c1cccnc1. The molecular formula is C20H27N3O. The molecule has 1 aliphatic rings. The number of hydrogen-bond donors (Lipinski definition) is 1. The number of benzene rings is 1. The van der Waals surface area contributed by atoms with Gasteiger partial charge in [-0.05, 0) is 43.0 Å². The maximum absolute atomic E-state index is 5.34. The molecule has 24 heavy (non-hydrogen) atoms. The molecule has 1 fully saturated rings. The van der Waals surface area contributed by atoms with Crippen molar-refractivity contribution in [2.24, 2.45) is 0 Å². The van der Waals surface area contributed by atoms with E-state index in [1.54, 1.807) is 7.11 Å². The summed E-state index contributed by atoms with van der Waals surface area (Å²) >= 11 is 0. The minimum absolute atomic E-state index is 0.395. The lowest BCUT2D eigenvalue weighted by molar-refractivity contribution is 0.363.